The van der Waals surface area contributed by atoms with E-state index in [1.165, 1.54) is 4.90 Å². The van der Waals surface area contributed by atoms with Gasteiger partial charge in [0.15, 0.2) is 0 Å². The summed E-state index contributed by atoms with van der Waals surface area (Å²) in [4.78, 5) is 62.6. The summed E-state index contributed by atoms with van der Waals surface area (Å²) < 4.78 is 0. The predicted molar refractivity (Wildman–Crippen MR) is 132 cm³/mol. The van der Waals surface area contributed by atoms with Crippen LogP contribution in [0.4, 0.5) is 0 Å². The Balaban J connectivity index is 1.90. The van der Waals surface area contributed by atoms with Crippen LogP contribution in [0.2, 0.25) is 0 Å². The molecule has 0 aromatic carbocycles. The maximum atomic E-state index is 12.8. The van der Waals surface area contributed by atoms with Crippen molar-refractivity contribution < 1.29 is 34.2 Å². The Morgan fingerprint density at radius 3 is 2.22 bits per heavy atom. The van der Waals surface area contributed by atoms with E-state index in [0.29, 0.717) is 31.7 Å². The van der Waals surface area contributed by atoms with E-state index in [2.05, 4.69) is 16.0 Å². The average molecular weight is 511 g/mol. The first-order valence-electron chi connectivity index (χ1n) is 13.2. The fourth-order valence-corrected chi connectivity index (χ4v) is 5.15. The molecule has 3 amide bonds. The van der Waals surface area contributed by atoms with Crippen LogP contribution in [0.5, 0.6) is 0 Å². The van der Waals surface area contributed by atoms with Crippen molar-refractivity contribution in [3.8, 4) is 0 Å². The number of carboxylic acid groups (broad SMARTS) is 2. The van der Waals surface area contributed by atoms with E-state index in [1.807, 2.05) is 0 Å². The van der Waals surface area contributed by atoms with Crippen LogP contribution in [-0.4, -0.2) is 83.0 Å². The molecule has 0 aromatic heterocycles. The Kier molecular flexibility index (Phi) is 12.7. The third kappa shape index (κ3) is 10.1. The number of aliphatic carboxylic acids is 2. The molecule has 5 N–H and O–H groups in total. The highest BCUT2D eigenvalue weighted by atomic mass is 16.4. The molecule has 1 saturated carbocycles. The molecule has 2 atom stereocenters. The molecular weight excluding hydrogens is 468 g/mol. The smallest absolute Gasteiger partial charge is 0.326 e. The highest BCUT2D eigenvalue weighted by Gasteiger charge is 2.34. The van der Waals surface area contributed by atoms with Gasteiger partial charge in [-0.15, -0.1) is 0 Å². The second kappa shape index (κ2) is 15.4. The van der Waals surface area contributed by atoms with Crippen molar-refractivity contribution in [1.82, 2.24) is 20.9 Å². The van der Waals surface area contributed by atoms with Crippen LogP contribution in [0.1, 0.15) is 77.6 Å². The molecule has 0 aromatic rings. The van der Waals surface area contributed by atoms with E-state index in [4.69, 9.17) is 0 Å². The van der Waals surface area contributed by atoms with Gasteiger partial charge in [-0.1, -0.05) is 19.3 Å². The molecule has 2 rings (SSSR count). The topological polar surface area (TPSA) is 165 Å². The van der Waals surface area contributed by atoms with Gasteiger partial charge in [0.05, 0.1) is 13.0 Å². The first kappa shape index (κ1) is 29.5. The highest BCUT2D eigenvalue weighted by molar-refractivity contribution is 5.94. The number of carbonyl (C=O) groups excluding carboxylic acids is 3. The predicted octanol–water partition coefficient (Wildman–Crippen LogP) is 1.11. The molecule has 2 aliphatic rings. The monoisotopic (exact) mass is 510 g/mol. The molecule has 204 valence electrons. The normalized spacial score (nSPS) is 18.6. The fourth-order valence-electron chi connectivity index (χ4n) is 5.15. The van der Waals surface area contributed by atoms with Crippen molar-refractivity contribution in [2.75, 3.05) is 26.2 Å². The molecule has 0 spiro atoms. The minimum absolute atomic E-state index is 0.163. The van der Waals surface area contributed by atoms with Crippen LogP contribution in [0, 0.1) is 11.8 Å². The Labute approximate surface area is 212 Å². The zero-order valence-corrected chi connectivity index (χ0v) is 21.3. The van der Waals surface area contributed by atoms with Crippen molar-refractivity contribution in [3.63, 3.8) is 0 Å². The molecule has 36 heavy (non-hydrogen) atoms. The highest BCUT2D eigenvalue weighted by Crippen LogP contribution is 2.26. The number of carboxylic acids is 2. The van der Waals surface area contributed by atoms with E-state index in [0.717, 1.165) is 58.0 Å². The lowest BCUT2D eigenvalue weighted by atomic mass is 9.83. The number of amides is 3. The lowest BCUT2D eigenvalue weighted by Crippen LogP contribution is -2.55. The maximum absolute atomic E-state index is 12.8. The summed E-state index contributed by atoms with van der Waals surface area (Å²) in [6.45, 7) is 3.76. The van der Waals surface area contributed by atoms with Crippen LogP contribution < -0.4 is 16.0 Å². The zero-order valence-electron chi connectivity index (χ0n) is 21.3. The standard InChI is InChI=1S/C25H42N4O7/c1-2-29(21(31)10-6-7-17-11-13-26-14-12-17)16-20(30)27-19(15-22(32)33)24(34)28-23(25(35)36)18-8-4-3-5-9-18/h17-19,23,26H,2-16H2,1H3,(H,27,30)(H,28,34)(H,32,33)(H,35,36)/t19-,23?/m0/s1. The van der Waals surface area contributed by atoms with Crippen molar-refractivity contribution in [2.24, 2.45) is 11.8 Å². The number of piperidine rings is 1. The SMILES string of the molecule is CCN(CC(=O)N[C@@H](CC(=O)O)C(=O)NC(C(=O)O)C1CCCCC1)C(=O)CCCC1CCNCC1. The van der Waals surface area contributed by atoms with Gasteiger partial charge >= 0.3 is 11.9 Å². The molecule has 11 nitrogen and oxygen atoms in total. The lowest BCUT2D eigenvalue weighted by molar-refractivity contribution is -0.145. The third-order valence-electron chi connectivity index (χ3n) is 7.25. The van der Waals surface area contributed by atoms with Crippen LogP contribution in [0.3, 0.4) is 0 Å². The molecule has 0 radical (unpaired) electrons. The van der Waals surface area contributed by atoms with Crippen LogP contribution in [0.15, 0.2) is 0 Å². The summed E-state index contributed by atoms with van der Waals surface area (Å²) in [5, 5.41) is 27.0. The summed E-state index contributed by atoms with van der Waals surface area (Å²) in [7, 11) is 0. The Morgan fingerprint density at radius 2 is 1.64 bits per heavy atom. The van der Waals surface area contributed by atoms with Gasteiger partial charge in [0.25, 0.3) is 0 Å². The van der Waals surface area contributed by atoms with Crippen LogP contribution in [-0.2, 0) is 24.0 Å². The van der Waals surface area contributed by atoms with Crippen LogP contribution in [0.25, 0.3) is 0 Å². The number of rotatable bonds is 14. The van der Waals surface area contributed by atoms with Gasteiger partial charge in [-0.3, -0.25) is 19.2 Å². The van der Waals surface area contributed by atoms with E-state index in [9.17, 15) is 34.2 Å². The van der Waals surface area contributed by atoms with E-state index < -0.39 is 42.3 Å². The Hall–Kier alpha value is -2.69. The van der Waals surface area contributed by atoms with Crippen molar-refractivity contribution in [3.05, 3.63) is 0 Å². The number of nitrogens with one attached hydrogen (secondary N) is 3. The third-order valence-corrected chi connectivity index (χ3v) is 7.25. The lowest BCUT2D eigenvalue weighted by Gasteiger charge is -2.29. The second-order valence-electron chi connectivity index (χ2n) is 9.93. The number of likely N-dealkylation sites (N-methyl/N-ethyl adjacent to an activating group) is 1. The van der Waals surface area contributed by atoms with E-state index >= 15 is 0 Å². The number of nitrogens with zero attached hydrogens (tertiary/aromatic N) is 1. The molecule has 1 aliphatic carbocycles. The minimum Gasteiger partial charge on any atom is -0.481 e. The summed E-state index contributed by atoms with van der Waals surface area (Å²) in [6, 6.07) is -2.58. The first-order chi connectivity index (χ1) is 17.2. The summed E-state index contributed by atoms with van der Waals surface area (Å²) >= 11 is 0. The molecule has 1 heterocycles. The second-order valence-corrected chi connectivity index (χ2v) is 9.93. The molecule has 2 fully saturated rings. The minimum atomic E-state index is -1.44. The van der Waals surface area contributed by atoms with E-state index in [1.54, 1.807) is 6.92 Å². The number of carbonyl (C=O) groups is 5. The van der Waals surface area contributed by atoms with Gasteiger partial charge in [0.2, 0.25) is 17.7 Å². The molecule has 1 saturated heterocycles. The molecule has 11 heteroatoms. The van der Waals surface area contributed by atoms with Gasteiger partial charge in [-0.2, -0.15) is 0 Å². The Bertz CT molecular complexity index is 764. The van der Waals surface area contributed by atoms with Gasteiger partial charge in [0.1, 0.15) is 12.1 Å². The largest absolute Gasteiger partial charge is 0.481 e. The maximum Gasteiger partial charge on any atom is 0.326 e. The van der Waals surface area contributed by atoms with E-state index in [-0.39, 0.29) is 18.4 Å². The first-order valence-corrected chi connectivity index (χ1v) is 13.2. The number of hydrogen-bond acceptors (Lipinski definition) is 6. The quantitative estimate of drug-likeness (QED) is 0.232. The van der Waals surface area contributed by atoms with Gasteiger partial charge in [-0.25, -0.2) is 4.79 Å². The summed E-state index contributed by atoms with van der Waals surface area (Å²) in [5.41, 5.74) is 0. The van der Waals surface area contributed by atoms with Crippen molar-refractivity contribution >= 4 is 29.7 Å². The fraction of sp³-hybridized carbons (Fsp3) is 0.800. The van der Waals surface area contributed by atoms with Gasteiger partial charge in [-0.05, 0) is 70.4 Å². The molecule has 0 bridgehead atoms. The number of hydrogen-bond donors (Lipinski definition) is 5. The molecular formula is C25H42N4O7. The van der Waals surface area contributed by atoms with Crippen LogP contribution >= 0.6 is 0 Å². The van der Waals surface area contributed by atoms with Crippen molar-refractivity contribution in [1.29, 1.82) is 0 Å². The average Bonchev–Trinajstić information content (AvgIpc) is 2.85. The van der Waals surface area contributed by atoms with Gasteiger partial charge < -0.3 is 31.1 Å². The zero-order chi connectivity index (χ0) is 26.5. The molecule has 1 aliphatic heterocycles. The summed E-state index contributed by atoms with van der Waals surface area (Å²) in [5.74, 6) is -3.78. The summed E-state index contributed by atoms with van der Waals surface area (Å²) in [6.07, 6.45) is 7.63. The molecule has 1 unspecified atom stereocenters. The van der Waals surface area contributed by atoms with Crippen molar-refractivity contribution in [2.45, 2.75) is 89.6 Å². The Morgan fingerprint density at radius 1 is 0.972 bits per heavy atom. The van der Waals surface area contributed by atoms with Gasteiger partial charge in [0, 0.05) is 13.0 Å².